The number of nitrogens with zero attached hydrogens (tertiary/aromatic N) is 2. The molecule has 0 spiro atoms. The van der Waals surface area contributed by atoms with Crippen molar-refractivity contribution in [3.63, 3.8) is 0 Å². The van der Waals surface area contributed by atoms with E-state index in [1.54, 1.807) is 18.2 Å². The van der Waals surface area contributed by atoms with Crippen LogP contribution in [0.15, 0.2) is 59.5 Å². The lowest BCUT2D eigenvalue weighted by molar-refractivity contribution is -0.121. The topological polar surface area (TPSA) is 79.0 Å². The number of halogens is 1. The van der Waals surface area contributed by atoms with E-state index < -0.39 is 15.8 Å². The van der Waals surface area contributed by atoms with Crippen LogP contribution >= 0.6 is 0 Å². The molecule has 0 aliphatic carbocycles. The lowest BCUT2D eigenvalue weighted by Crippen LogP contribution is -2.41. The molecule has 1 aliphatic heterocycles. The summed E-state index contributed by atoms with van der Waals surface area (Å²) >= 11 is 0. The summed E-state index contributed by atoms with van der Waals surface area (Å²) < 4.78 is 45.9. The van der Waals surface area contributed by atoms with Crippen molar-refractivity contribution in [3.8, 4) is 0 Å². The number of ether oxygens (including phenoxy) is 1. The number of hydrogen-bond donors (Lipinski definition) is 1. The first-order valence-corrected chi connectivity index (χ1v) is 11.8. The first kappa shape index (κ1) is 23.3. The van der Waals surface area contributed by atoms with Gasteiger partial charge in [0.25, 0.3) is 0 Å². The van der Waals surface area contributed by atoms with Crippen LogP contribution in [0.25, 0.3) is 0 Å². The quantitative estimate of drug-likeness (QED) is 0.560. The first-order chi connectivity index (χ1) is 14.9. The number of rotatable bonds is 10. The highest BCUT2D eigenvalue weighted by molar-refractivity contribution is 7.89. The van der Waals surface area contributed by atoms with E-state index in [9.17, 15) is 17.6 Å². The van der Waals surface area contributed by atoms with Crippen molar-refractivity contribution in [3.05, 3.63) is 66.0 Å². The van der Waals surface area contributed by atoms with E-state index in [0.29, 0.717) is 12.1 Å². The van der Waals surface area contributed by atoms with Gasteiger partial charge in [-0.1, -0.05) is 30.3 Å². The predicted octanol–water partition coefficient (Wildman–Crippen LogP) is 1.86. The lowest BCUT2D eigenvalue weighted by Gasteiger charge is -2.26. The summed E-state index contributed by atoms with van der Waals surface area (Å²) in [6, 6.07) is 13.6. The van der Waals surface area contributed by atoms with Gasteiger partial charge in [0, 0.05) is 26.2 Å². The number of amides is 1. The van der Waals surface area contributed by atoms with E-state index in [0.717, 1.165) is 43.6 Å². The third-order valence-corrected chi connectivity index (χ3v) is 6.86. The predicted molar refractivity (Wildman–Crippen MR) is 115 cm³/mol. The molecule has 9 heteroatoms. The minimum Gasteiger partial charge on any atom is -0.379 e. The summed E-state index contributed by atoms with van der Waals surface area (Å²) in [5.41, 5.74) is 0.598. The summed E-state index contributed by atoms with van der Waals surface area (Å²) in [5, 5.41) is 2.81. The zero-order valence-electron chi connectivity index (χ0n) is 17.4. The van der Waals surface area contributed by atoms with Crippen molar-refractivity contribution < 1.29 is 22.3 Å². The maximum atomic E-state index is 13.2. The Labute approximate surface area is 182 Å². The van der Waals surface area contributed by atoms with Crippen LogP contribution in [0.1, 0.15) is 12.0 Å². The van der Waals surface area contributed by atoms with Crippen molar-refractivity contribution in [2.75, 3.05) is 45.9 Å². The van der Waals surface area contributed by atoms with E-state index in [4.69, 9.17) is 4.74 Å². The van der Waals surface area contributed by atoms with Gasteiger partial charge in [-0.3, -0.25) is 9.69 Å². The molecule has 0 aromatic heterocycles. The van der Waals surface area contributed by atoms with Gasteiger partial charge in [-0.2, -0.15) is 4.31 Å². The fraction of sp³-hybridized carbons (Fsp3) is 0.409. The van der Waals surface area contributed by atoms with Crippen LogP contribution < -0.4 is 5.32 Å². The van der Waals surface area contributed by atoms with Crippen LogP contribution in [-0.4, -0.2) is 69.5 Å². The normalized spacial score (nSPS) is 15.2. The average molecular weight is 450 g/mol. The van der Waals surface area contributed by atoms with Crippen molar-refractivity contribution >= 4 is 15.9 Å². The molecular weight excluding hydrogens is 421 g/mol. The van der Waals surface area contributed by atoms with Gasteiger partial charge < -0.3 is 10.1 Å². The Balaban J connectivity index is 1.61. The number of morpholine rings is 1. The fourth-order valence-electron chi connectivity index (χ4n) is 3.33. The second-order valence-corrected chi connectivity index (χ2v) is 9.31. The van der Waals surface area contributed by atoms with Gasteiger partial charge in [-0.25, -0.2) is 12.8 Å². The molecule has 7 nitrogen and oxygen atoms in total. The Morgan fingerprint density at radius 2 is 1.74 bits per heavy atom. The molecule has 0 unspecified atom stereocenters. The van der Waals surface area contributed by atoms with E-state index in [-0.39, 0.29) is 23.9 Å². The first-order valence-electron chi connectivity index (χ1n) is 10.3. The summed E-state index contributed by atoms with van der Waals surface area (Å²) in [6.45, 7) is 4.19. The van der Waals surface area contributed by atoms with Gasteiger partial charge in [0.15, 0.2) is 0 Å². The molecule has 1 amide bonds. The molecule has 0 bridgehead atoms. The minimum absolute atomic E-state index is 0.0291. The van der Waals surface area contributed by atoms with Crippen LogP contribution in [0, 0.1) is 5.82 Å². The standard InChI is InChI=1S/C22H28FN3O4S/c23-20-9-7-19(8-10-20)17-26(31(28,29)21-5-2-1-3-6-21)18-22(27)24-11-4-12-25-13-15-30-16-14-25/h1-3,5-10H,4,11-18H2,(H,24,27). The molecule has 2 aromatic carbocycles. The molecule has 0 atom stereocenters. The highest BCUT2D eigenvalue weighted by Gasteiger charge is 2.26. The SMILES string of the molecule is O=C(CN(Cc1ccc(F)cc1)S(=O)(=O)c1ccccc1)NCCCN1CCOCC1. The molecule has 1 fully saturated rings. The Hall–Kier alpha value is -2.33. The molecule has 0 saturated carbocycles. The van der Waals surface area contributed by atoms with Crippen LogP contribution in [-0.2, 0) is 26.1 Å². The summed E-state index contributed by atoms with van der Waals surface area (Å²) in [4.78, 5) is 14.9. The fourth-order valence-corrected chi connectivity index (χ4v) is 4.74. The largest absolute Gasteiger partial charge is 0.379 e. The summed E-state index contributed by atoms with van der Waals surface area (Å²) in [6.07, 6.45) is 0.773. The van der Waals surface area contributed by atoms with Crippen LogP contribution in [0.2, 0.25) is 0 Å². The smallest absolute Gasteiger partial charge is 0.243 e. The Kier molecular flexibility index (Phi) is 8.53. The van der Waals surface area contributed by atoms with Crippen molar-refractivity contribution in [2.24, 2.45) is 0 Å². The van der Waals surface area contributed by atoms with Gasteiger partial charge in [0.2, 0.25) is 15.9 Å². The van der Waals surface area contributed by atoms with Crippen molar-refractivity contribution in [2.45, 2.75) is 17.9 Å². The van der Waals surface area contributed by atoms with Gasteiger partial charge in [-0.15, -0.1) is 0 Å². The highest BCUT2D eigenvalue weighted by Crippen LogP contribution is 2.18. The van der Waals surface area contributed by atoms with Crippen LogP contribution in [0.3, 0.4) is 0 Å². The van der Waals surface area contributed by atoms with E-state index >= 15 is 0 Å². The van der Waals surface area contributed by atoms with Crippen LogP contribution in [0.4, 0.5) is 4.39 Å². The van der Waals surface area contributed by atoms with Crippen molar-refractivity contribution in [1.29, 1.82) is 0 Å². The third-order valence-electron chi connectivity index (χ3n) is 5.05. The monoisotopic (exact) mass is 449 g/mol. The van der Waals surface area contributed by atoms with Gasteiger partial charge >= 0.3 is 0 Å². The molecule has 1 heterocycles. The number of carbonyl (C=O) groups excluding carboxylic acids is 1. The highest BCUT2D eigenvalue weighted by atomic mass is 32.2. The molecular formula is C22H28FN3O4S. The van der Waals surface area contributed by atoms with Crippen LogP contribution in [0.5, 0.6) is 0 Å². The molecule has 1 N–H and O–H groups in total. The maximum absolute atomic E-state index is 13.2. The average Bonchev–Trinajstić information content (AvgIpc) is 2.79. The number of carbonyl (C=O) groups is 1. The van der Waals surface area contributed by atoms with E-state index in [1.807, 2.05) is 0 Å². The molecule has 1 saturated heterocycles. The molecule has 3 rings (SSSR count). The zero-order chi connectivity index (χ0) is 22.1. The zero-order valence-corrected chi connectivity index (χ0v) is 18.2. The number of nitrogens with one attached hydrogen (secondary N) is 1. The van der Waals surface area contributed by atoms with E-state index in [1.165, 1.54) is 36.4 Å². The Bertz CT molecular complexity index is 933. The number of hydrogen-bond acceptors (Lipinski definition) is 5. The molecule has 2 aromatic rings. The summed E-state index contributed by atoms with van der Waals surface area (Å²) in [5.74, 6) is -0.775. The van der Waals surface area contributed by atoms with Gasteiger partial charge in [-0.05, 0) is 42.8 Å². The second kappa shape index (κ2) is 11.3. The summed E-state index contributed by atoms with van der Waals surface area (Å²) in [7, 11) is -3.90. The maximum Gasteiger partial charge on any atom is 0.243 e. The Morgan fingerprint density at radius 3 is 2.42 bits per heavy atom. The lowest BCUT2D eigenvalue weighted by atomic mass is 10.2. The number of sulfonamides is 1. The molecule has 0 radical (unpaired) electrons. The molecule has 1 aliphatic rings. The van der Waals surface area contributed by atoms with Crippen molar-refractivity contribution in [1.82, 2.24) is 14.5 Å². The minimum atomic E-state index is -3.90. The second-order valence-electron chi connectivity index (χ2n) is 7.37. The molecule has 168 valence electrons. The molecule has 31 heavy (non-hydrogen) atoms. The van der Waals surface area contributed by atoms with E-state index in [2.05, 4.69) is 10.2 Å². The Morgan fingerprint density at radius 1 is 1.06 bits per heavy atom. The third kappa shape index (κ3) is 7.10. The number of benzene rings is 2. The van der Waals surface area contributed by atoms with Gasteiger partial charge in [0.1, 0.15) is 5.82 Å². The van der Waals surface area contributed by atoms with Gasteiger partial charge in [0.05, 0.1) is 24.7 Å².